The fourth-order valence-electron chi connectivity index (χ4n) is 4.60. The molecule has 1 unspecified atom stereocenters. The van der Waals surface area contributed by atoms with Crippen LogP contribution in [0.5, 0.6) is 0 Å². The summed E-state index contributed by atoms with van der Waals surface area (Å²) in [5, 5.41) is 12.1. The number of rotatable bonds is 6. The zero-order chi connectivity index (χ0) is 24.9. The van der Waals surface area contributed by atoms with Gasteiger partial charge >= 0.3 is 5.97 Å². The molecule has 35 heavy (non-hydrogen) atoms. The first-order valence-corrected chi connectivity index (χ1v) is 11.6. The fourth-order valence-corrected chi connectivity index (χ4v) is 4.60. The minimum Gasteiger partial charge on any atom is -0.480 e. The molecule has 0 aliphatic carbocycles. The first kappa shape index (κ1) is 24.2. The van der Waals surface area contributed by atoms with Crippen molar-refractivity contribution in [3.63, 3.8) is 0 Å². The SMILES string of the molecule is Cc1ccccc1C(=O)Nc1ccc(C(=O)N2CCCC(N(C)CC(=O)O)c3ccccc32)cc1. The highest BCUT2D eigenvalue weighted by molar-refractivity contribution is 6.08. The molecule has 3 aromatic rings. The molecule has 1 heterocycles. The van der Waals surface area contributed by atoms with E-state index in [0.717, 1.165) is 29.7 Å². The Bertz CT molecular complexity index is 1240. The van der Waals surface area contributed by atoms with Crippen molar-refractivity contribution in [2.24, 2.45) is 0 Å². The number of amides is 2. The zero-order valence-corrected chi connectivity index (χ0v) is 19.9. The van der Waals surface area contributed by atoms with Gasteiger partial charge in [-0.2, -0.15) is 0 Å². The highest BCUT2D eigenvalue weighted by atomic mass is 16.4. The van der Waals surface area contributed by atoms with Crippen LogP contribution >= 0.6 is 0 Å². The fraction of sp³-hybridized carbons (Fsp3) is 0.250. The standard InChI is InChI=1S/C28H29N3O4/c1-19-8-3-4-9-22(19)27(34)29-21-15-13-20(14-16-21)28(35)31-17-7-12-24(30(2)18-26(32)33)23-10-5-6-11-25(23)31/h3-6,8-11,13-16,24H,7,12,17-18H2,1-2H3,(H,29,34)(H,32,33). The average Bonchev–Trinajstić information content (AvgIpc) is 3.04. The Morgan fingerprint density at radius 2 is 1.69 bits per heavy atom. The lowest BCUT2D eigenvalue weighted by Gasteiger charge is -2.28. The van der Waals surface area contributed by atoms with Gasteiger partial charge in [0.1, 0.15) is 0 Å². The number of aryl methyl sites for hydroxylation is 1. The predicted molar refractivity (Wildman–Crippen MR) is 136 cm³/mol. The number of nitrogens with zero attached hydrogens (tertiary/aromatic N) is 2. The smallest absolute Gasteiger partial charge is 0.317 e. The van der Waals surface area contributed by atoms with Crippen molar-refractivity contribution >= 4 is 29.2 Å². The van der Waals surface area contributed by atoms with Crippen molar-refractivity contribution in [1.29, 1.82) is 0 Å². The summed E-state index contributed by atoms with van der Waals surface area (Å²) in [5.41, 5.74) is 4.38. The third kappa shape index (κ3) is 5.41. The van der Waals surface area contributed by atoms with Gasteiger partial charge in [-0.05, 0) is 74.3 Å². The minimum absolute atomic E-state index is 0.0668. The van der Waals surface area contributed by atoms with E-state index in [4.69, 9.17) is 0 Å². The van der Waals surface area contributed by atoms with Crippen molar-refractivity contribution in [1.82, 2.24) is 4.90 Å². The van der Waals surface area contributed by atoms with Crippen LogP contribution in [0, 0.1) is 6.92 Å². The second-order valence-electron chi connectivity index (χ2n) is 8.83. The third-order valence-corrected chi connectivity index (χ3v) is 6.39. The summed E-state index contributed by atoms with van der Waals surface area (Å²) in [6.07, 6.45) is 1.51. The van der Waals surface area contributed by atoms with Crippen LogP contribution in [0.25, 0.3) is 0 Å². The van der Waals surface area contributed by atoms with Gasteiger partial charge in [0.15, 0.2) is 0 Å². The summed E-state index contributed by atoms with van der Waals surface area (Å²) >= 11 is 0. The maximum atomic E-state index is 13.5. The Hall–Kier alpha value is -3.97. The number of carbonyl (C=O) groups is 3. The lowest BCUT2D eigenvalue weighted by molar-refractivity contribution is -0.138. The van der Waals surface area contributed by atoms with E-state index in [9.17, 15) is 19.5 Å². The molecule has 1 aliphatic heterocycles. The van der Waals surface area contributed by atoms with Crippen LogP contribution in [0.15, 0.2) is 72.8 Å². The molecule has 3 aromatic carbocycles. The molecule has 1 aliphatic rings. The number of carboxylic acids is 1. The van der Waals surface area contributed by atoms with Crippen molar-refractivity contribution in [2.75, 3.05) is 30.4 Å². The van der Waals surface area contributed by atoms with Crippen LogP contribution in [0.3, 0.4) is 0 Å². The number of benzene rings is 3. The highest BCUT2D eigenvalue weighted by Gasteiger charge is 2.29. The lowest BCUT2D eigenvalue weighted by Crippen LogP contribution is -2.32. The normalized spacial score (nSPS) is 15.3. The number of fused-ring (bicyclic) bond motifs is 1. The molecule has 180 valence electrons. The van der Waals surface area contributed by atoms with Gasteiger partial charge in [0.25, 0.3) is 11.8 Å². The van der Waals surface area contributed by atoms with E-state index in [0.29, 0.717) is 23.4 Å². The number of carbonyl (C=O) groups excluding carboxylic acids is 2. The van der Waals surface area contributed by atoms with Gasteiger partial charge in [0, 0.05) is 35.1 Å². The Morgan fingerprint density at radius 3 is 2.40 bits per heavy atom. The molecular weight excluding hydrogens is 442 g/mol. The maximum Gasteiger partial charge on any atom is 0.317 e. The zero-order valence-electron chi connectivity index (χ0n) is 19.9. The van der Waals surface area contributed by atoms with Gasteiger partial charge in [-0.25, -0.2) is 0 Å². The molecule has 1 atom stereocenters. The van der Waals surface area contributed by atoms with Crippen LogP contribution in [0.1, 0.15) is 50.7 Å². The predicted octanol–water partition coefficient (Wildman–Crippen LogP) is 4.75. The van der Waals surface area contributed by atoms with Crippen molar-refractivity contribution in [3.8, 4) is 0 Å². The summed E-state index contributed by atoms with van der Waals surface area (Å²) in [7, 11) is 1.80. The van der Waals surface area contributed by atoms with E-state index in [1.54, 1.807) is 42.3 Å². The van der Waals surface area contributed by atoms with Crippen molar-refractivity contribution < 1.29 is 19.5 Å². The molecule has 7 heteroatoms. The van der Waals surface area contributed by atoms with E-state index in [1.807, 2.05) is 54.3 Å². The Kier molecular flexibility index (Phi) is 7.27. The van der Waals surface area contributed by atoms with Crippen LogP contribution in [-0.4, -0.2) is 47.9 Å². The highest BCUT2D eigenvalue weighted by Crippen LogP contribution is 2.36. The molecular formula is C28H29N3O4. The number of aliphatic carboxylic acids is 1. The lowest BCUT2D eigenvalue weighted by atomic mass is 10.00. The van der Waals surface area contributed by atoms with E-state index in [2.05, 4.69) is 5.32 Å². The molecule has 4 rings (SSSR count). The summed E-state index contributed by atoms with van der Waals surface area (Å²) in [6, 6.07) is 21.9. The minimum atomic E-state index is -0.878. The third-order valence-electron chi connectivity index (χ3n) is 6.39. The molecule has 0 aromatic heterocycles. The van der Waals surface area contributed by atoms with Gasteiger partial charge in [-0.15, -0.1) is 0 Å². The van der Waals surface area contributed by atoms with Gasteiger partial charge in [0.05, 0.1) is 6.54 Å². The van der Waals surface area contributed by atoms with E-state index >= 15 is 0 Å². The maximum absolute atomic E-state index is 13.5. The summed E-state index contributed by atoms with van der Waals surface area (Å²) in [4.78, 5) is 41.0. The number of nitrogens with one attached hydrogen (secondary N) is 1. The van der Waals surface area contributed by atoms with Crippen molar-refractivity contribution in [3.05, 3.63) is 95.1 Å². The van der Waals surface area contributed by atoms with Crippen LogP contribution in [0.2, 0.25) is 0 Å². The second-order valence-corrected chi connectivity index (χ2v) is 8.83. The molecule has 0 fully saturated rings. The molecule has 0 spiro atoms. The molecule has 0 radical (unpaired) electrons. The number of carboxylic acid groups (broad SMARTS) is 1. The van der Waals surface area contributed by atoms with Gasteiger partial charge in [0.2, 0.25) is 0 Å². The molecule has 7 nitrogen and oxygen atoms in total. The number of hydrogen-bond acceptors (Lipinski definition) is 4. The van der Waals surface area contributed by atoms with E-state index < -0.39 is 5.97 Å². The Morgan fingerprint density at radius 1 is 1.00 bits per heavy atom. The topological polar surface area (TPSA) is 90.0 Å². The average molecular weight is 472 g/mol. The van der Waals surface area contributed by atoms with Crippen LogP contribution in [-0.2, 0) is 4.79 Å². The molecule has 2 amide bonds. The summed E-state index contributed by atoms with van der Waals surface area (Å²) < 4.78 is 0. The van der Waals surface area contributed by atoms with Crippen LogP contribution < -0.4 is 10.2 Å². The van der Waals surface area contributed by atoms with Crippen molar-refractivity contribution in [2.45, 2.75) is 25.8 Å². The molecule has 0 bridgehead atoms. The first-order valence-electron chi connectivity index (χ1n) is 11.6. The van der Waals surface area contributed by atoms with E-state index in [-0.39, 0.29) is 24.4 Å². The Balaban J connectivity index is 1.54. The summed E-state index contributed by atoms with van der Waals surface area (Å²) in [6.45, 7) is 2.36. The number of likely N-dealkylation sites (N-methyl/N-ethyl adjacent to an activating group) is 1. The number of para-hydroxylation sites is 1. The van der Waals surface area contributed by atoms with Gasteiger partial charge in [-0.1, -0.05) is 36.4 Å². The molecule has 0 saturated heterocycles. The monoisotopic (exact) mass is 471 g/mol. The number of hydrogen-bond donors (Lipinski definition) is 2. The molecule has 2 N–H and O–H groups in total. The number of anilines is 2. The largest absolute Gasteiger partial charge is 0.480 e. The van der Waals surface area contributed by atoms with Crippen LogP contribution in [0.4, 0.5) is 11.4 Å². The van der Waals surface area contributed by atoms with E-state index in [1.165, 1.54) is 0 Å². The summed E-state index contributed by atoms with van der Waals surface area (Å²) in [5.74, 6) is -1.20. The quantitative estimate of drug-likeness (QED) is 0.542. The first-order chi connectivity index (χ1) is 16.8. The van der Waals surface area contributed by atoms with Gasteiger partial charge in [-0.3, -0.25) is 19.3 Å². The Labute approximate surface area is 205 Å². The molecule has 0 saturated carbocycles. The van der Waals surface area contributed by atoms with Gasteiger partial charge < -0.3 is 15.3 Å². The second kappa shape index (κ2) is 10.5.